The SMILES string of the molecule is [2H]C([2H])([2H])Oc1cc(-c2cncc(Cl)c2)c2ncncc2c1O[C@@H](C)c1ncn(C([2H])([2H])[2H])n1. The average molecular weight is 403 g/mol. The van der Waals surface area contributed by atoms with E-state index < -0.39 is 20.1 Å². The molecule has 28 heavy (non-hydrogen) atoms. The van der Waals surface area contributed by atoms with E-state index in [0.717, 1.165) is 11.0 Å². The van der Waals surface area contributed by atoms with Gasteiger partial charge in [0.05, 0.1) is 27.1 Å². The van der Waals surface area contributed by atoms with Crippen LogP contribution in [0, 0.1) is 0 Å². The monoisotopic (exact) mass is 402 g/mol. The first kappa shape index (κ1) is 12.2. The fourth-order valence-corrected chi connectivity index (χ4v) is 2.95. The minimum absolute atomic E-state index is 0.0307. The molecule has 0 aliphatic rings. The number of methoxy groups -OCH3 is 1. The highest BCUT2D eigenvalue weighted by molar-refractivity contribution is 6.30. The average Bonchev–Trinajstić information content (AvgIpc) is 3.25. The van der Waals surface area contributed by atoms with E-state index in [4.69, 9.17) is 29.3 Å². The molecule has 0 saturated heterocycles. The molecule has 0 amide bonds. The van der Waals surface area contributed by atoms with Crippen LogP contribution in [0.3, 0.4) is 0 Å². The molecule has 0 bridgehead atoms. The lowest BCUT2D eigenvalue weighted by Crippen LogP contribution is -2.08. The first-order valence-electron chi connectivity index (χ1n) is 11.1. The first-order chi connectivity index (χ1) is 15.9. The zero-order chi connectivity index (χ0) is 24.7. The van der Waals surface area contributed by atoms with Crippen molar-refractivity contribution in [3.8, 4) is 22.6 Å². The predicted molar refractivity (Wildman–Crippen MR) is 104 cm³/mol. The van der Waals surface area contributed by atoms with Crippen LogP contribution >= 0.6 is 11.6 Å². The normalized spacial score (nSPS) is 16.2. The number of halogens is 1. The van der Waals surface area contributed by atoms with Gasteiger partial charge in [0, 0.05) is 40.8 Å². The number of hydrogen-bond donors (Lipinski definition) is 0. The molecular weight excluding hydrogens is 380 g/mol. The Labute approximate surface area is 174 Å². The quantitative estimate of drug-likeness (QED) is 0.503. The van der Waals surface area contributed by atoms with Crippen LogP contribution in [0.4, 0.5) is 0 Å². The Morgan fingerprint density at radius 1 is 1.18 bits per heavy atom. The van der Waals surface area contributed by atoms with Crippen LogP contribution in [0.1, 0.15) is 27.1 Å². The summed E-state index contributed by atoms with van der Waals surface area (Å²) in [4.78, 5) is 16.5. The molecule has 0 aliphatic heterocycles. The first-order valence-corrected chi connectivity index (χ1v) is 8.45. The van der Waals surface area contributed by atoms with Gasteiger partial charge in [-0.05, 0) is 19.1 Å². The van der Waals surface area contributed by atoms with Crippen LogP contribution in [0.15, 0.2) is 43.4 Å². The van der Waals surface area contributed by atoms with Crippen LogP contribution in [0.2, 0.25) is 5.02 Å². The van der Waals surface area contributed by atoms with Gasteiger partial charge < -0.3 is 9.47 Å². The Kier molecular flexibility index (Phi) is 3.24. The van der Waals surface area contributed by atoms with Crippen LogP contribution in [0.5, 0.6) is 11.5 Å². The third kappa shape index (κ3) is 3.34. The zero-order valence-electron chi connectivity index (χ0n) is 20.5. The van der Waals surface area contributed by atoms with Gasteiger partial charge >= 0.3 is 0 Å². The number of pyridine rings is 1. The largest absolute Gasteiger partial charge is 0.493 e. The number of aryl methyl sites for hydroxylation is 1. The van der Waals surface area contributed by atoms with Crippen molar-refractivity contribution in [1.29, 1.82) is 0 Å². The molecule has 3 heterocycles. The summed E-state index contributed by atoms with van der Waals surface area (Å²) in [5, 5.41) is 4.67. The molecule has 9 heteroatoms. The van der Waals surface area contributed by atoms with Gasteiger partial charge in [-0.25, -0.2) is 15.0 Å². The Bertz CT molecular complexity index is 1340. The Hall–Kier alpha value is -3.26. The molecule has 0 aliphatic carbocycles. The van der Waals surface area contributed by atoms with Crippen LogP contribution in [0.25, 0.3) is 22.0 Å². The molecule has 8 nitrogen and oxygen atoms in total. The van der Waals surface area contributed by atoms with Gasteiger partial charge in [0.25, 0.3) is 0 Å². The van der Waals surface area contributed by atoms with Crippen LogP contribution in [-0.2, 0) is 6.98 Å². The third-order valence-electron chi connectivity index (χ3n) is 4.00. The van der Waals surface area contributed by atoms with Gasteiger partial charge in [0.1, 0.15) is 12.7 Å². The van der Waals surface area contributed by atoms with E-state index in [-0.39, 0.29) is 17.3 Å². The summed E-state index contributed by atoms with van der Waals surface area (Å²) in [7, 11) is -2.80. The van der Waals surface area contributed by atoms with Crippen LogP contribution < -0.4 is 9.47 Å². The Morgan fingerprint density at radius 2 is 2.11 bits per heavy atom. The molecule has 0 spiro atoms. The number of aromatic nitrogens is 6. The maximum Gasteiger partial charge on any atom is 0.191 e. The minimum Gasteiger partial charge on any atom is -0.493 e. The predicted octanol–water partition coefficient (Wildman–Crippen LogP) is 3.62. The summed E-state index contributed by atoms with van der Waals surface area (Å²) in [6, 6.07) is 3.12. The fraction of sp³-hybridized carbons (Fsp3) is 0.211. The number of fused-ring (bicyclic) bond motifs is 1. The summed E-state index contributed by atoms with van der Waals surface area (Å²) in [6.07, 6.45) is 6.00. The third-order valence-corrected chi connectivity index (χ3v) is 4.21. The zero-order valence-corrected chi connectivity index (χ0v) is 15.3. The molecule has 0 N–H and O–H groups in total. The molecule has 0 radical (unpaired) electrons. The fourth-order valence-electron chi connectivity index (χ4n) is 2.78. The molecule has 0 fully saturated rings. The van der Waals surface area contributed by atoms with Crippen LogP contribution in [-0.4, -0.2) is 36.8 Å². The molecule has 4 rings (SSSR count). The molecule has 1 atom stereocenters. The molecule has 0 saturated carbocycles. The molecule has 3 aromatic heterocycles. The Balaban J connectivity index is 1.86. The molecule has 4 aromatic rings. The van der Waals surface area contributed by atoms with Crippen molar-refractivity contribution in [1.82, 2.24) is 29.7 Å². The van der Waals surface area contributed by atoms with E-state index in [2.05, 4.69) is 25.0 Å². The maximum absolute atomic E-state index is 7.60. The van der Waals surface area contributed by atoms with Crippen molar-refractivity contribution in [2.24, 2.45) is 6.98 Å². The highest BCUT2D eigenvalue weighted by Gasteiger charge is 2.21. The van der Waals surface area contributed by atoms with Crippen molar-refractivity contribution >= 4 is 22.5 Å². The second-order valence-electron chi connectivity index (χ2n) is 5.84. The van der Waals surface area contributed by atoms with Gasteiger partial charge in [-0.3, -0.25) is 9.67 Å². The van der Waals surface area contributed by atoms with Crippen molar-refractivity contribution < 1.29 is 17.7 Å². The smallest absolute Gasteiger partial charge is 0.191 e. The lowest BCUT2D eigenvalue weighted by Gasteiger charge is -2.18. The molecule has 1 aromatic carbocycles. The summed E-state index contributed by atoms with van der Waals surface area (Å²) in [5.41, 5.74) is 1.50. The van der Waals surface area contributed by atoms with Gasteiger partial charge in [0.2, 0.25) is 0 Å². The van der Waals surface area contributed by atoms with Crippen molar-refractivity contribution in [3.63, 3.8) is 0 Å². The van der Waals surface area contributed by atoms with Crippen molar-refractivity contribution in [2.45, 2.75) is 13.0 Å². The summed E-state index contributed by atoms with van der Waals surface area (Å²) >= 11 is 6.10. The second kappa shape index (κ2) is 7.40. The van der Waals surface area contributed by atoms with Gasteiger partial charge in [-0.2, -0.15) is 5.10 Å². The van der Waals surface area contributed by atoms with E-state index in [0.29, 0.717) is 27.1 Å². The Morgan fingerprint density at radius 3 is 2.89 bits per heavy atom. The topological polar surface area (TPSA) is 87.8 Å². The number of nitrogens with zero attached hydrogens (tertiary/aromatic N) is 6. The van der Waals surface area contributed by atoms with E-state index in [1.807, 2.05) is 0 Å². The van der Waals surface area contributed by atoms with E-state index >= 15 is 0 Å². The maximum atomic E-state index is 7.60. The lowest BCUT2D eigenvalue weighted by atomic mass is 10.0. The number of rotatable bonds is 5. The van der Waals surface area contributed by atoms with Gasteiger partial charge in [-0.15, -0.1) is 0 Å². The van der Waals surface area contributed by atoms with Gasteiger partial charge in [-0.1, -0.05) is 11.6 Å². The lowest BCUT2D eigenvalue weighted by molar-refractivity contribution is 0.209. The summed E-state index contributed by atoms with van der Waals surface area (Å²) in [6.45, 7) is -0.920. The van der Waals surface area contributed by atoms with Crippen molar-refractivity contribution in [3.05, 3.63) is 54.2 Å². The summed E-state index contributed by atoms with van der Waals surface area (Å²) < 4.78 is 57.2. The second-order valence-corrected chi connectivity index (χ2v) is 6.27. The number of ether oxygens (including phenoxy) is 2. The molecule has 142 valence electrons. The van der Waals surface area contributed by atoms with E-state index in [1.54, 1.807) is 19.2 Å². The van der Waals surface area contributed by atoms with E-state index in [1.165, 1.54) is 24.8 Å². The summed E-state index contributed by atoms with van der Waals surface area (Å²) in [5.74, 6) is -0.00773. The van der Waals surface area contributed by atoms with E-state index in [9.17, 15) is 0 Å². The van der Waals surface area contributed by atoms with Crippen molar-refractivity contribution in [2.75, 3.05) is 7.04 Å². The standard InChI is InChI=1S/C19H17ClN6O2/c1-11(19-24-10-26(2)25-19)28-18-15-8-22-9-23-17(15)14(5-16(18)27-3)12-4-13(20)7-21-6-12/h4-11H,1-3H3/t11-/m0/s1/i2D3,3D3. The highest BCUT2D eigenvalue weighted by atomic mass is 35.5. The molecular formula is C19H17ClN6O2. The highest BCUT2D eigenvalue weighted by Crippen LogP contribution is 2.42. The number of hydrogen-bond acceptors (Lipinski definition) is 7. The molecule has 0 unspecified atom stereocenters. The van der Waals surface area contributed by atoms with Gasteiger partial charge in [0.15, 0.2) is 23.4 Å². The number of benzene rings is 1. The minimum atomic E-state index is -2.80.